The molecule has 0 bridgehead atoms. The van der Waals surface area contributed by atoms with Gasteiger partial charge in [-0.25, -0.2) is 4.99 Å². The molecule has 1 unspecified atom stereocenters. The number of aromatic nitrogens is 3. The number of thioether (sulfide) groups is 1. The van der Waals surface area contributed by atoms with Crippen LogP contribution in [0.5, 0.6) is 0 Å². The van der Waals surface area contributed by atoms with Gasteiger partial charge in [0, 0.05) is 30.3 Å². The van der Waals surface area contributed by atoms with E-state index >= 15 is 0 Å². The summed E-state index contributed by atoms with van der Waals surface area (Å²) < 4.78 is 1.95. The summed E-state index contributed by atoms with van der Waals surface area (Å²) in [6.45, 7) is 9.81. The van der Waals surface area contributed by atoms with Gasteiger partial charge in [-0.05, 0) is 19.1 Å². The van der Waals surface area contributed by atoms with Crippen LogP contribution in [0.4, 0.5) is 0 Å². The summed E-state index contributed by atoms with van der Waals surface area (Å²) in [5.41, 5.74) is 0. The molecule has 0 spiro atoms. The number of guanidine groups is 1. The Labute approximate surface area is 177 Å². The number of hydrogen-bond acceptors (Lipinski definition) is 4. The Morgan fingerprint density at radius 3 is 2.65 bits per heavy atom. The standard InChI is InChI=1S/C18H26N6S.HI/c1-5-11-19-18(21-13-17-23-22-15(3)24(17)4)20-12-14(2)25-16-9-7-6-8-10-16;/h5-10,14H,1,11-13H2,2-4H3,(H2,19,20,21);1H. The van der Waals surface area contributed by atoms with E-state index in [2.05, 4.69) is 63.6 Å². The van der Waals surface area contributed by atoms with Gasteiger partial charge in [-0.15, -0.1) is 52.5 Å². The van der Waals surface area contributed by atoms with Crippen molar-refractivity contribution in [2.75, 3.05) is 13.1 Å². The first kappa shape index (κ1) is 22.5. The number of nitrogens with zero attached hydrogens (tertiary/aromatic N) is 4. The Balaban J connectivity index is 0.00000338. The maximum absolute atomic E-state index is 4.60. The van der Waals surface area contributed by atoms with Crippen LogP contribution in [0.15, 0.2) is 52.9 Å². The molecule has 8 heteroatoms. The van der Waals surface area contributed by atoms with Gasteiger partial charge in [0.15, 0.2) is 11.8 Å². The van der Waals surface area contributed by atoms with Crippen LogP contribution in [0.25, 0.3) is 0 Å². The predicted molar refractivity (Wildman–Crippen MR) is 120 cm³/mol. The van der Waals surface area contributed by atoms with Crippen LogP contribution in [-0.2, 0) is 13.6 Å². The van der Waals surface area contributed by atoms with Gasteiger partial charge < -0.3 is 15.2 Å². The highest BCUT2D eigenvalue weighted by Crippen LogP contribution is 2.21. The first-order valence-electron chi connectivity index (χ1n) is 8.29. The normalized spacial score (nSPS) is 12.2. The van der Waals surface area contributed by atoms with Gasteiger partial charge in [-0.3, -0.25) is 0 Å². The SMILES string of the molecule is C=CCNC(=NCc1nnc(C)n1C)NCC(C)Sc1ccccc1.I. The van der Waals surface area contributed by atoms with E-state index in [1.54, 1.807) is 0 Å². The van der Waals surface area contributed by atoms with Gasteiger partial charge in [0.1, 0.15) is 12.4 Å². The number of aliphatic imine (C=N–C) groups is 1. The van der Waals surface area contributed by atoms with Crippen molar-refractivity contribution in [1.29, 1.82) is 0 Å². The fourth-order valence-corrected chi connectivity index (χ4v) is 3.04. The number of rotatable bonds is 8. The topological polar surface area (TPSA) is 67.1 Å². The second-order valence-electron chi connectivity index (χ2n) is 5.68. The molecular formula is C18H27IN6S. The van der Waals surface area contributed by atoms with Gasteiger partial charge in [0.2, 0.25) is 0 Å². The fourth-order valence-electron chi connectivity index (χ4n) is 2.10. The Kier molecular flexibility index (Phi) is 10.3. The van der Waals surface area contributed by atoms with E-state index < -0.39 is 0 Å². The predicted octanol–water partition coefficient (Wildman–Crippen LogP) is 3.14. The lowest BCUT2D eigenvalue weighted by atomic mass is 10.4. The Morgan fingerprint density at radius 1 is 1.31 bits per heavy atom. The zero-order valence-electron chi connectivity index (χ0n) is 15.5. The molecule has 0 radical (unpaired) electrons. The Bertz CT molecular complexity index is 701. The summed E-state index contributed by atoms with van der Waals surface area (Å²) in [6, 6.07) is 10.4. The number of nitrogens with one attached hydrogen (secondary N) is 2. The van der Waals surface area contributed by atoms with Crippen molar-refractivity contribution in [3.05, 3.63) is 54.6 Å². The lowest BCUT2D eigenvalue weighted by Crippen LogP contribution is -2.40. The molecule has 1 aromatic heterocycles. The molecule has 0 aliphatic heterocycles. The molecule has 1 aromatic carbocycles. The van der Waals surface area contributed by atoms with Crippen molar-refractivity contribution in [3.8, 4) is 0 Å². The minimum Gasteiger partial charge on any atom is -0.355 e. The molecular weight excluding hydrogens is 459 g/mol. The molecule has 0 fully saturated rings. The third-order valence-electron chi connectivity index (χ3n) is 3.61. The van der Waals surface area contributed by atoms with Gasteiger partial charge in [0.05, 0.1) is 0 Å². The van der Waals surface area contributed by atoms with E-state index in [9.17, 15) is 0 Å². The van der Waals surface area contributed by atoms with Gasteiger partial charge >= 0.3 is 0 Å². The maximum Gasteiger partial charge on any atom is 0.191 e. The van der Waals surface area contributed by atoms with Crippen LogP contribution in [-0.4, -0.2) is 39.1 Å². The van der Waals surface area contributed by atoms with Crippen molar-refractivity contribution >= 4 is 41.7 Å². The van der Waals surface area contributed by atoms with Crippen molar-refractivity contribution in [1.82, 2.24) is 25.4 Å². The smallest absolute Gasteiger partial charge is 0.191 e. The molecule has 2 rings (SSSR count). The number of hydrogen-bond donors (Lipinski definition) is 2. The highest BCUT2D eigenvalue weighted by Gasteiger charge is 2.07. The number of halogens is 1. The summed E-state index contributed by atoms with van der Waals surface area (Å²) in [5.74, 6) is 2.47. The second kappa shape index (κ2) is 11.9. The van der Waals surface area contributed by atoms with E-state index in [-0.39, 0.29) is 24.0 Å². The van der Waals surface area contributed by atoms with Gasteiger partial charge in [-0.1, -0.05) is 31.2 Å². The molecule has 1 heterocycles. The zero-order valence-corrected chi connectivity index (χ0v) is 18.6. The fraction of sp³-hybridized carbons (Fsp3) is 0.389. The average molecular weight is 486 g/mol. The summed E-state index contributed by atoms with van der Waals surface area (Å²) >= 11 is 1.84. The van der Waals surface area contributed by atoms with E-state index in [0.717, 1.165) is 24.2 Å². The Morgan fingerprint density at radius 2 is 2.04 bits per heavy atom. The molecule has 6 nitrogen and oxygen atoms in total. The molecule has 0 aliphatic rings. The van der Waals surface area contributed by atoms with Crippen LogP contribution in [0.3, 0.4) is 0 Å². The van der Waals surface area contributed by atoms with Gasteiger partial charge in [0.25, 0.3) is 0 Å². The molecule has 142 valence electrons. The molecule has 1 atom stereocenters. The molecule has 2 aromatic rings. The summed E-state index contributed by atoms with van der Waals surface area (Å²) in [6.07, 6.45) is 1.81. The quantitative estimate of drug-likeness (QED) is 0.197. The van der Waals surface area contributed by atoms with Gasteiger partial charge in [-0.2, -0.15) is 0 Å². The van der Waals surface area contributed by atoms with E-state index in [0.29, 0.717) is 18.3 Å². The highest BCUT2D eigenvalue weighted by atomic mass is 127. The maximum atomic E-state index is 4.60. The minimum absolute atomic E-state index is 0. The number of aryl methyl sites for hydroxylation is 1. The van der Waals surface area contributed by atoms with Crippen molar-refractivity contribution < 1.29 is 0 Å². The molecule has 0 aliphatic carbocycles. The molecule has 2 N–H and O–H groups in total. The van der Waals surface area contributed by atoms with Crippen LogP contribution < -0.4 is 10.6 Å². The van der Waals surface area contributed by atoms with Crippen molar-refractivity contribution in [2.45, 2.75) is 30.5 Å². The van der Waals surface area contributed by atoms with E-state index in [1.165, 1.54) is 4.90 Å². The molecule has 0 saturated carbocycles. The lowest BCUT2D eigenvalue weighted by Gasteiger charge is -2.15. The second-order valence-corrected chi connectivity index (χ2v) is 7.19. The first-order valence-corrected chi connectivity index (χ1v) is 9.17. The third kappa shape index (κ3) is 7.36. The van der Waals surface area contributed by atoms with Crippen molar-refractivity contribution in [2.24, 2.45) is 12.0 Å². The van der Waals surface area contributed by atoms with Crippen LogP contribution in [0.1, 0.15) is 18.6 Å². The first-order chi connectivity index (χ1) is 12.1. The highest BCUT2D eigenvalue weighted by molar-refractivity contribution is 14.0. The Hall–Kier alpha value is -1.55. The van der Waals surface area contributed by atoms with Crippen LogP contribution in [0, 0.1) is 6.92 Å². The van der Waals surface area contributed by atoms with E-state index in [1.807, 2.05) is 42.4 Å². The average Bonchev–Trinajstić information content (AvgIpc) is 2.94. The lowest BCUT2D eigenvalue weighted by molar-refractivity contribution is 0.756. The van der Waals surface area contributed by atoms with Crippen molar-refractivity contribution in [3.63, 3.8) is 0 Å². The van der Waals surface area contributed by atoms with E-state index in [4.69, 9.17) is 0 Å². The summed E-state index contributed by atoms with van der Waals surface area (Å²) in [7, 11) is 1.95. The number of benzene rings is 1. The largest absolute Gasteiger partial charge is 0.355 e. The van der Waals surface area contributed by atoms with Crippen LogP contribution >= 0.6 is 35.7 Å². The molecule has 0 saturated heterocycles. The van der Waals surface area contributed by atoms with Crippen LogP contribution in [0.2, 0.25) is 0 Å². The zero-order chi connectivity index (χ0) is 18.1. The third-order valence-corrected chi connectivity index (χ3v) is 4.73. The molecule has 26 heavy (non-hydrogen) atoms. The summed E-state index contributed by atoms with van der Waals surface area (Å²) in [4.78, 5) is 5.87. The monoisotopic (exact) mass is 486 g/mol. The summed E-state index contributed by atoms with van der Waals surface area (Å²) in [5, 5.41) is 15.2. The molecule has 0 amide bonds. The minimum atomic E-state index is 0.